The highest BCUT2D eigenvalue weighted by Crippen LogP contribution is 2.21. The Labute approximate surface area is 108 Å². The van der Waals surface area contributed by atoms with Gasteiger partial charge in [-0.15, -0.1) is 0 Å². The summed E-state index contributed by atoms with van der Waals surface area (Å²) in [6.45, 7) is 7.12. The van der Waals surface area contributed by atoms with E-state index in [1.807, 2.05) is 18.7 Å². The van der Waals surface area contributed by atoms with Crippen molar-refractivity contribution >= 4 is 11.8 Å². The molecule has 0 radical (unpaired) electrons. The Kier molecular flexibility index (Phi) is 6.60. The molecule has 96 valence electrons. The second-order valence-corrected chi connectivity index (χ2v) is 5.40. The van der Waals surface area contributed by atoms with E-state index in [4.69, 9.17) is 0 Å². The predicted molar refractivity (Wildman–Crippen MR) is 75.2 cm³/mol. The molecular weight excluding hydrogens is 233 g/mol. The smallest absolute Gasteiger partial charge is 0.123 e. The monoisotopic (exact) mass is 255 g/mol. The number of aryl methyl sites for hydroxylation is 1. The van der Waals surface area contributed by atoms with Crippen LogP contribution in [0, 0.1) is 12.7 Å². The van der Waals surface area contributed by atoms with Crippen LogP contribution in [0.2, 0.25) is 0 Å². The molecule has 1 aromatic rings. The fourth-order valence-corrected chi connectivity index (χ4v) is 2.83. The van der Waals surface area contributed by atoms with Crippen molar-refractivity contribution in [3.8, 4) is 0 Å². The number of hydrogen-bond donors (Lipinski definition) is 1. The maximum Gasteiger partial charge on any atom is 0.123 e. The Hall–Kier alpha value is -0.540. The topological polar surface area (TPSA) is 12.0 Å². The summed E-state index contributed by atoms with van der Waals surface area (Å²) in [6, 6.07) is 5.55. The Balaban J connectivity index is 2.73. The summed E-state index contributed by atoms with van der Waals surface area (Å²) in [5.41, 5.74) is 2.05. The molecule has 0 aliphatic heterocycles. The van der Waals surface area contributed by atoms with Crippen LogP contribution >= 0.6 is 11.8 Å². The highest BCUT2D eigenvalue weighted by atomic mass is 32.2. The minimum atomic E-state index is -0.136. The molecule has 1 rings (SSSR count). The van der Waals surface area contributed by atoms with Crippen molar-refractivity contribution in [2.24, 2.45) is 0 Å². The van der Waals surface area contributed by atoms with Gasteiger partial charge in [0.05, 0.1) is 0 Å². The van der Waals surface area contributed by atoms with Gasteiger partial charge in [-0.25, -0.2) is 4.39 Å². The lowest BCUT2D eigenvalue weighted by Crippen LogP contribution is -2.23. The molecule has 0 aliphatic rings. The van der Waals surface area contributed by atoms with Crippen molar-refractivity contribution in [3.05, 3.63) is 35.1 Å². The Morgan fingerprint density at radius 2 is 2.06 bits per heavy atom. The van der Waals surface area contributed by atoms with E-state index in [9.17, 15) is 4.39 Å². The van der Waals surface area contributed by atoms with Crippen LogP contribution < -0.4 is 5.32 Å². The van der Waals surface area contributed by atoms with Crippen molar-refractivity contribution in [2.75, 3.05) is 18.1 Å². The van der Waals surface area contributed by atoms with Gasteiger partial charge in [0.15, 0.2) is 0 Å². The van der Waals surface area contributed by atoms with Gasteiger partial charge in [0.1, 0.15) is 5.82 Å². The molecule has 1 unspecified atom stereocenters. The van der Waals surface area contributed by atoms with Gasteiger partial charge in [-0.05, 0) is 48.9 Å². The van der Waals surface area contributed by atoms with Crippen molar-refractivity contribution in [1.82, 2.24) is 5.32 Å². The summed E-state index contributed by atoms with van der Waals surface area (Å²) in [5, 5.41) is 3.42. The number of thioether (sulfide) groups is 1. The molecular formula is C14H22FNS. The second kappa shape index (κ2) is 7.72. The summed E-state index contributed by atoms with van der Waals surface area (Å²) in [6.07, 6.45) is 1.19. The van der Waals surface area contributed by atoms with E-state index in [2.05, 4.69) is 25.2 Å². The van der Waals surface area contributed by atoms with E-state index in [1.165, 1.54) is 6.42 Å². The summed E-state index contributed by atoms with van der Waals surface area (Å²) in [5.74, 6) is 2.03. The molecule has 0 fully saturated rings. The third kappa shape index (κ3) is 5.09. The van der Waals surface area contributed by atoms with E-state index >= 15 is 0 Å². The number of benzene rings is 1. The first kappa shape index (κ1) is 14.5. The third-order valence-electron chi connectivity index (χ3n) is 2.55. The summed E-state index contributed by atoms with van der Waals surface area (Å²) < 4.78 is 13.4. The zero-order chi connectivity index (χ0) is 12.7. The highest BCUT2D eigenvalue weighted by molar-refractivity contribution is 7.99. The molecule has 0 heterocycles. The predicted octanol–water partition coefficient (Wildman–Crippen LogP) is 3.93. The average molecular weight is 255 g/mol. The van der Waals surface area contributed by atoms with Crippen molar-refractivity contribution in [3.63, 3.8) is 0 Å². The number of halogens is 1. The molecule has 0 bridgehead atoms. The van der Waals surface area contributed by atoms with Crippen molar-refractivity contribution < 1.29 is 4.39 Å². The lowest BCUT2D eigenvalue weighted by molar-refractivity contribution is 0.587. The Morgan fingerprint density at radius 3 is 2.65 bits per heavy atom. The summed E-state index contributed by atoms with van der Waals surface area (Å²) >= 11 is 1.92. The van der Waals surface area contributed by atoms with E-state index < -0.39 is 0 Å². The first-order valence-corrected chi connectivity index (χ1v) is 7.41. The second-order valence-electron chi connectivity index (χ2n) is 4.25. The number of hydrogen-bond acceptors (Lipinski definition) is 2. The van der Waals surface area contributed by atoms with Crippen LogP contribution in [0.5, 0.6) is 0 Å². The first-order chi connectivity index (χ1) is 8.17. The summed E-state index contributed by atoms with van der Waals surface area (Å²) in [4.78, 5) is 0. The van der Waals surface area contributed by atoms with Gasteiger partial charge in [-0.2, -0.15) is 11.8 Å². The normalized spacial score (nSPS) is 12.7. The maximum atomic E-state index is 13.4. The minimum absolute atomic E-state index is 0.136. The molecule has 1 atom stereocenters. The Bertz CT molecular complexity index is 321. The van der Waals surface area contributed by atoms with E-state index in [0.717, 1.165) is 29.2 Å². The molecule has 0 amide bonds. The van der Waals surface area contributed by atoms with Gasteiger partial charge in [0.25, 0.3) is 0 Å². The van der Waals surface area contributed by atoms with Crippen LogP contribution in [0.15, 0.2) is 18.2 Å². The molecule has 1 aromatic carbocycles. The van der Waals surface area contributed by atoms with Gasteiger partial charge >= 0.3 is 0 Å². The van der Waals surface area contributed by atoms with Crippen LogP contribution in [0.1, 0.15) is 37.4 Å². The van der Waals surface area contributed by atoms with Crippen molar-refractivity contribution in [2.45, 2.75) is 33.2 Å². The molecule has 0 saturated carbocycles. The van der Waals surface area contributed by atoms with Gasteiger partial charge in [-0.3, -0.25) is 0 Å². The van der Waals surface area contributed by atoms with Crippen LogP contribution in [0.25, 0.3) is 0 Å². The van der Waals surface area contributed by atoms with Gasteiger partial charge in [-0.1, -0.05) is 19.9 Å². The van der Waals surface area contributed by atoms with E-state index in [0.29, 0.717) is 0 Å². The van der Waals surface area contributed by atoms with Crippen LogP contribution in [0.4, 0.5) is 4.39 Å². The lowest BCUT2D eigenvalue weighted by atomic mass is 10.1. The average Bonchev–Trinajstić information content (AvgIpc) is 2.27. The SMILES string of the molecule is CCCSCC(NCC)c1cc(C)cc(F)c1. The number of rotatable bonds is 7. The van der Waals surface area contributed by atoms with Gasteiger partial charge in [0, 0.05) is 11.8 Å². The standard InChI is InChI=1S/C14H22FNS/c1-4-6-17-10-14(16-5-2)12-7-11(3)8-13(15)9-12/h7-9,14,16H,4-6,10H2,1-3H3. The highest BCUT2D eigenvalue weighted by Gasteiger charge is 2.11. The fraction of sp³-hybridized carbons (Fsp3) is 0.571. The van der Waals surface area contributed by atoms with Gasteiger partial charge < -0.3 is 5.32 Å². The Morgan fingerprint density at radius 1 is 1.29 bits per heavy atom. The molecule has 0 aromatic heterocycles. The van der Waals surface area contributed by atoms with Crippen LogP contribution in [-0.2, 0) is 0 Å². The zero-order valence-electron chi connectivity index (χ0n) is 10.9. The molecule has 0 saturated heterocycles. The molecule has 3 heteroatoms. The largest absolute Gasteiger partial charge is 0.310 e. The molecule has 17 heavy (non-hydrogen) atoms. The van der Waals surface area contributed by atoms with E-state index in [-0.39, 0.29) is 11.9 Å². The quantitative estimate of drug-likeness (QED) is 0.741. The first-order valence-electron chi connectivity index (χ1n) is 6.25. The molecule has 0 aliphatic carbocycles. The fourth-order valence-electron chi connectivity index (χ4n) is 1.83. The van der Waals surface area contributed by atoms with Crippen LogP contribution in [0.3, 0.4) is 0 Å². The zero-order valence-corrected chi connectivity index (χ0v) is 11.7. The van der Waals surface area contributed by atoms with E-state index in [1.54, 1.807) is 12.1 Å². The maximum absolute atomic E-state index is 13.4. The summed E-state index contributed by atoms with van der Waals surface area (Å²) in [7, 11) is 0. The number of nitrogens with one attached hydrogen (secondary N) is 1. The lowest BCUT2D eigenvalue weighted by Gasteiger charge is -2.18. The van der Waals surface area contributed by atoms with Crippen molar-refractivity contribution in [1.29, 1.82) is 0 Å². The van der Waals surface area contributed by atoms with Crippen LogP contribution in [-0.4, -0.2) is 18.1 Å². The molecule has 1 nitrogen and oxygen atoms in total. The third-order valence-corrected chi connectivity index (χ3v) is 3.82. The minimum Gasteiger partial charge on any atom is -0.310 e. The van der Waals surface area contributed by atoms with Gasteiger partial charge in [0.2, 0.25) is 0 Å². The molecule has 1 N–H and O–H groups in total. The molecule has 0 spiro atoms.